The van der Waals surface area contributed by atoms with E-state index in [2.05, 4.69) is 15.2 Å². The minimum atomic E-state index is -4.82. The van der Waals surface area contributed by atoms with Crippen LogP contribution in [0.4, 0.5) is 22.0 Å². The van der Waals surface area contributed by atoms with E-state index in [4.69, 9.17) is 11.6 Å². The largest absolute Gasteiger partial charge is 0.417 e. The zero-order valence-electron chi connectivity index (χ0n) is 15.2. The fourth-order valence-corrected chi connectivity index (χ4v) is 3.75. The van der Waals surface area contributed by atoms with Crippen molar-refractivity contribution in [1.29, 1.82) is 0 Å². The molecule has 0 amide bonds. The number of aliphatic hydroxyl groups is 1. The Morgan fingerprint density at radius 1 is 1.07 bits per heavy atom. The molecule has 5 nitrogen and oxygen atoms in total. The van der Waals surface area contributed by atoms with Crippen LogP contribution in [0.3, 0.4) is 0 Å². The lowest BCUT2D eigenvalue weighted by Crippen LogP contribution is -2.16. The Balaban J connectivity index is 2.15. The molecule has 0 saturated heterocycles. The summed E-state index contributed by atoms with van der Waals surface area (Å²) in [5.74, 6) is -1.84. The zero-order chi connectivity index (χ0) is 21.8. The summed E-state index contributed by atoms with van der Waals surface area (Å²) in [6.45, 7) is 0.950. The fraction of sp³-hybridized carbons (Fsp3) is 0.211. The molecule has 0 bridgehead atoms. The minimum Gasteiger partial charge on any atom is -0.388 e. The summed E-state index contributed by atoms with van der Waals surface area (Å²) in [4.78, 5) is 4.26. The number of hydrogen-bond acceptors (Lipinski definition) is 4. The van der Waals surface area contributed by atoms with E-state index >= 15 is 0 Å². The molecular formula is C19H12ClF5N4O. The topological polar surface area (TPSA) is 63.3 Å². The van der Waals surface area contributed by atoms with Gasteiger partial charge in [0.25, 0.3) is 0 Å². The maximum Gasteiger partial charge on any atom is 0.417 e. The van der Waals surface area contributed by atoms with Gasteiger partial charge in [-0.1, -0.05) is 17.7 Å². The van der Waals surface area contributed by atoms with Crippen molar-refractivity contribution in [1.82, 2.24) is 14.8 Å². The maximum absolute atomic E-state index is 14.6. The second-order valence-electron chi connectivity index (χ2n) is 6.54. The van der Waals surface area contributed by atoms with Gasteiger partial charge in [0.15, 0.2) is 11.6 Å². The quantitative estimate of drug-likeness (QED) is 0.589. The fourth-order valence-electron chi connectivity index (χ4n) is 3.39. The van der Waals surface area contributed by atoms with Gasteiger partial charge in [0.1, 0.15) is 24.3 Å². The van der Waals surface area contributed by atoms with E-state index < -0.39 is 52.3 Å². The maximum atomic E-state index is 14.6. The molecule has 156 valence electrons. The van der Waals surface area contributed by atoms with E-state index in [0.29, 0.717) is 0 Å². The molecule has 11 heteroatoms. The van der Waals surface area contributed by atoms with Crippen LogP contribution in [0.5, 0.6) is 0 Å². The van der Waals surface area contributed by atoms with Crippen LogP contribution in [-0.4, -0.2) is 25.6 Å². The van der Waals surface area contributed by atoms with Crippen molar-refractivity contribution in [3.8, 4) is 5.69 Å². The van der Waals surface area contributed by atoms with Crippen molar-refractivity contribution in [2.45, 2.75) is 25.7 Å². The van der Waals surface area contributed by atoms with Crippen LogP contribution in [-0.2, 0) is 12.8 Å². The van der Waals surface area contributed by atoms with Crippen LogP contribution >= 0.6 is 11.6 Å². The molecule has 1 aliphatic rings. The molecule has 1 atom stereocenters. The van der Waals surface area contributed by atoms with Gasteiger partial charge in [0.05, 0.1) is 27.5 Å². The normalized spacial score (nSPS) is 16.0. The van der Waals surface area contributed by atoms with Crippen LogP contribution in [0.2, 0.25) is 5.02 Å². The summed E-state index contributed by atoms with van der Waals surface area (Å²) >= 11 is 6.15. The predicted molar refractivity (Wildman–Crippen MR) is 97.7 cm³/mol. The Hall–Kier alpha value is -2.85. The SMILES string of the molecule is C[C@@H]1N=C(c2c(F)cccc2F)c2c(ccc(C(F)(F)F)c2Cl)-n2c(CO)nnc21. The molecule has 2 heterocycles. The number of aliphatic hydroxyl groups excluding tert-OH is 1. The van der Waals surface area contributed by atoms with Gasteiger partial charge in [-0.2, -0.15) is 13.2 Å². The third-order valence-electron chi connectivity index (χ3n) is 4.70. The predicted octanol–water partition coefficient (Wildman–Crippen LogP) is 4.62. The highest BCUT2D eigenvalue weighted by atomic mass is 35.5. The van der Waals surface area contributed by atoms with Gasteiger partial charge in [-0.25, -0.2) is 8.78 Å². The molecule has 0 aliphatic carbocycles. The lowest BCUT2D eigenvalue weighted by molar-refractivity contribution is -0.137. The average Bonchev–Trinajstić information content (AvgIpc) is 3.05. The van der Waals surface area contributed by atoms with Crippen molar-refractivity contribution in [2.75, 3.05) is 0 Å². The molecule has 0 radical (unpaired) electrons. The molecule has 0 spiro atoms. The number of rotatable bonds is 2. The van der Waals surface area contributed by atoms with Crippen molar-refractivity contribution in [3.63, 3.8) is 0 Å². The van der Waals surface area contributed by atoms with E-state index in [-0.39, 0.29) is 22.9 Å². The Kier molecular flexibility index (Phi) is 4.86. The standard InChI is InChI=1S/C19H12ClF5N4O/c1-8-18-28-27-13(7-30)29(18)12-6-5-9(19(23,24)25)16(20)15(12)17(26-8)14-10(21)3-2-4-11(14)22/h2-6,8,30H,7H2,1H3/t8-/m0/s1. The summed E-state index contributed by atoms with van der Waals surface area (Å²) < 4.78 is 71.0. The van der Waals surface area contributed by atoms with Crippen molar-refractivity contribution >= 4 is 17.3 Å². The molecule has 1 aromatic heterocycles. The highest BCUT2D eigenvalue weighted by molar-refractivity contribution is 6.37. The van der Waals surface area contributed by atoms with E-state index in [0.717, 1.165) is 30.3 Å². The average molecular weight is 443 g/mol. The zero-order valence-corrected chi connectivity index (χ0v) is 15.9. The lowest BCUT2D eigenvalue weighted by Gasteiger charge is -2.18. The van der Waals surface area contributed by atoms with Gasteiger partial charge in [0, 0.05) is 5.56 Å². The van der Waals surface area contributed by atoms with Gasteiger partial charge in [0.2, 0.25) is 0 Å². The van der Waals surface area contributed by atoms with Crippen molar-refractivity contribution in [2.24, 2.45) is 4.99 Å². The number of benzene rings is 2. The van der Waals surface area contributed by atoms with Crippen LogP contribution in [0, 0.1) is 11.6 Å². The van der Waals surface area contributed by atoms with Gasteiger partial charge >= 0.3 is 6.18 Å². The molecule has 3 aromatic rings. The van der Waals surface area contributed by atoms with Crippen LogP contribution in [0.25, 0.3) is 5.69 Å². The molecule has 30 heavy (non-hydrogen) atoms. The number of aromatic nitrogens is 3. The Labute approximate surface area is 171 Å². The summed E-state index contributed by atoms with van der Waals surface area (Å²) in [7, 11) is 0. The Morgan fingerprint density at radius 3 is 2.33 bits per heavy atom. The van der Waals surface area contributed by atoms with E-state index in [9.17, 15) is 27.1 Å². The number of halogens is 6. The molecule has 0 fully saturated rings. The van der Waals surface area contributed by atoms with Crippen LogP contribution in [0.15, 0.2) is 35.3 Å². The third kappa shape index (κ3) is 3.07. The molecule has 1 aliphatic heterocycles. The molecular weight excluding hydrogens is 431 g/mol. The summed E-state index contributed by atoms with van der Waals surface area (Å²) in [6, 6.07) is 4.04. The van der Waals surface area contributed by atoms with Crippen molar-refractivity contribution < 1.29 is 27.1 Å². The second-order valence-corrected chi connectivity index (χ2v) is 6.92. The number of alkyl halides is 3. The molecule has 2 aromatic carbocycles. The van der Waals surface area contributed by atoms with E-state index in [1.54, 1.807) is 0 Å². The number of aliphatic imine (C=N–C) groups is 1. The van der Waals surface area contributed by atoms with Crippen LogP contribution in [0.1, 0.15) is 41.3 Å². The highest BCUT2D eigenvalue weighted by Gasteiger charge is 2.38. The van der Waals surface area contributed by atoms with E-state index in [1.807, 2.05) is 0 Å². The Bertz CT molecular complexity index is 1170. The first-order valence-corrected chi connectivity index (χ1v) is 9.00. The highest BCUT2D eigenvalue weighted by Crippen LogP contribution is 2.42. The van der Waals surface area contributed by atoms with Gasteiger partial charge in [-0.3, -0.25) is 9.56 Å². The number of hydrogen-bond donors (Lipinski definition) is 1. The Morgan fingerprint density at radius 2 is 1.73 bits per heavy atom. The van der Waals surface area contributed by atoms with Gasteiger partial charge in [-0.05, 0) is 31.2 Å². The van der Waals surface area contributed by atoms with Gasteiger partial charge < -0.3 is 5.11 Å². The second kappa shape index (κ2) is 7.13. The van der Waals surface area contributed by atoms with Crippen LogP contribution < -0.4 is 0 Å². The number of fused-ring (bicyclic) bond motifs is 3. The third-order valence-corrected chi connectivity index (χ3v) is 5.09. The first-order valence-electron chi connectivity index (χ1n) is 8.62. The molecule has 1 N–H and O–H groups in total. The molecule has 0 unspecified atom stereocenters. The summed E-state index contributed by atoms with van der Waals surface area (Å²) in [5.41, 5.74) is -2.52. The monoisotopic (exact) mass is 442 g/mol. The molecule has 4 rings (SSSR count). The smallest absolute Gasteiger partial charge is 0.388 e. The van der Waals surface area contributed by atoms with E-state index in [1.165, 1.54) is 11.5 Å². The van der Waals surface area contributed by atoms with Crippen molar-refractivity contribution in [3.05, 3.63) is 75.3 Å². The molecule has 0 saturated carbocycles. The number of nitrogens with zero attached hydrogens (tertiary/aromatic N) is 4. The first kappa shape index (κ1) is 20.4. The summed E-state index contributed by atoms with van der Waals surface area (Å²) in [5, 5.41) is 16.6. The summed E-state index contributed by atoms with van der Waals surface area (Å²) in [6.07, 6.45) is -4.82. The van der Waals surface area contributed by atoms with Gasteiger partial charge in [-0.15, -0.1) is 10.2 Å². The minimum absolute atomic E-state index is 0.0133. The lowest BCUT2D eigenvalue weighted by atomic mass is 9.97. The first-order chi connectivity index (χ1) is 14.1.